The van der Waals surface area contributed by atoms with Gasteiger partial charge in [0.05, 0.1) is 11.0 Å². The van der Waals surface area contributed by atoms with Crippen molar-refractivity contribution in [2.75, 3.05) is 26.2 Å². The molecule has 2 rings (SSSR count). The lowest BCUT2D eigenvalue weighted by atomic mass is 9.97. The van der Waals surface area contributed by atoms with Gasteiger partial charge in [0.15, 0.2) is 6.61 Å². The van der Waals surface area contributed by atoms with Gasteiger partial charge in [-0.3, -0.25) is 14.9 Å². The van der Waals surface area contributed by atoms with E-state index in [2.05, 4.69) is 0 Å². The Hall–Kier alpha value is -2.15. The summed E-state index contributed by atoms with van der Waals surface area (Å²) in [6, 6.07) is 5.83. The van der Waals surface area contributed by atoms with Gasteiger partial charge in [-0.2, -0.15) is 0 Å². The van der Waals surface area contributed by atoms with Gasteiger partial charge in [-0.05, 0) is 31.4 Å². The molecule has 0 spiro atoms. The van der Waals surface area contributed by atoms with Crippen molar-refractivity contribution in [1.29, 1.82) is 0 Å². The Morgan fingerprint density at radius 2 is 2.14 bits per heavy atom. The lowest BCUT2D eigenvalue weighted by Crippen LogP contribution is -2.42. The quantitative estimate of drug-likeness (QED) is 0.649. The molecule has 1 aromatic rings. The second-order valence-electron chi connectivity index (χ2n) is 5.10. The largest absolute Gasteiger partial charge is 0.484 e. The molecule has 1 aliphatic rings. The van der Waals surface area contributed by atoms with Crippen LogP contribution in [0.25, 0.3) is 0 Å². The summed E-state index contributed by atoms with van der Waals surface area (Å²) in [7, 11) is 0. The maximum Gasteiger partial charge on any atom is 0.273 e. The highest BCUT2D eigenvalue weighted by atomic mass is 16.6. The third-order valence-corrected chi connectivity index (χ3v) is 3.69. The molecule has 0 aliphatic carbocycles. The van der Waals surface area contributed by atoms with Gasteiger partial charge in [-0.1, -0.05) is 6.07 Å². The van der Waals surface area contributed by atoms with E-state index in [1.54, 1.807) is 11.0 Å². The standard InChI is InChI=1S/C14H19N3O4/c15-9-11-4-6-16(7-5-11)14(18)10-21-13-3-1-2-12(8-13)17(19)20/h1-3,8,11H,4-7,9-10,15H2. The highest BCUT2D eigenvalue weighted by Gasteiger charge is 2.22. The van der Waals surface area contributed by atoms with Crippen LogP contribution in [0.15, 0.2) is 24.3 Å². The number of carbonyl (C=O) groups is 1. The van der Waals surface area contributed by atoms with Crippen molar-refractivity contribution >= 4 is 11.6 Å². The Kier molecular flexibility index (Phi) is 5.10. The van der Waals surface area contributed by atoms with E-state index in [4.69, 9.17) is 10.5 Å². The molecule has 2 N–H and O–H groups in total. The lowest BCUT2D eigenvalue weighted by molar-refractivity contribution is -0.384. The predicted molar refractivity (Wildman–Crippen MR) is 76.9 cm³/mol. The first-order chi connectivity index (χ1) is 10.1. The third kappa shape index (κ3) is 4.16. The van der Waals surface area contributed by atoms with Gasteiger partial charge >= 0.3 is 0 Å². The van der Waals surface area contributed by atoms with Crippen LogP contribution >= 0.6 is 0 Å². The van der Waals surface area contributed by atoms with E-state index in [1.165, 1.54) is 18.2 Å². The molecular formula is C14H19N3O4. The number of nitro groups is 1. The van der Waals surface area contributed by atoms with Crippen LogP contribution in [0, 0.1) is 16.0 Å². The highest BCUT2D eigenvalue weighted by Crippen LogP contribution is 2.20. The number of benzene rings is 1. The number of nitrogens with two attached hydrogens (primary N) is 1. The highest BCUT2D eigenvalue weighted by molar-refractivity contribution is 5.77. The van der Waals surface area contributed by atoms with E-state index >= 15 is 0 Å². The van der Waals surface area contributed by atoms with E-state index in [1.807, 2.05) is 0 Å². The Balaban J connectivity index is 1.84. The molecule has 7 nitrogen and oxygen atoms in total. The topological polar surface area (TPSA) is 98.7 Å². The number of piperidine rings is 1. The predicted octanol–water partition coefficient (Wildman–Crippen LogP) is 1.17. The molecule has 1 aliphatic heterocycles. The van der Waals surface area contributed by atoms with E-state index in [9.17, 15) is 14.9 Å². The number of non-ortho nitro benzene ring substituents is 1. The average molecular weight is 293 g/mol. The van der Waals surface area contributed by atoms with E-state index in [-0.39, 0.29) is 18.2 Å². The maximum absolute atomic E-state index is 12.0. The summed E-state index contributed by atoms with van der Waals surface area (Å²) in [5.41, 5.74) is 5.56. The maximum atomic E-state index is 12.0. The fourth-order valence-corrected chi connectivity index (χ4v) is 2.34. The molecule has 0 aromatic heterocycles. The van der Waals surface area contributed by atoms with Crippen LogP contribution in [0.5, 0.6) is 5.75 Å². The Morgan fingerprint density at radius 1 is 1.43 bits per heavy atom. The van der Waals surface area contributed by atoms with Crippen LogP contribution in [0.4, 0.5) is 5.69 Å². The van der Waals surface area contributed by atoms with Crippen molar-refractivity contribution < 1.29 is 14.5 Å². The molecule has 1 heterocycles. The molecule has 0 atom stereocenters. The van der Waals surface area contributed by atoms with E-state index in [0.717, 1.165) is 12.8 Å². The van der Waals surface area contributed by atoms with Crippen LogP contribution in [-0.4, -0.2) is 42.0 Å². The fourth-order valence-electron chi connectivity index (χ4n) is 2.34. The van der Waals surface area contributed by atoms with Crippen molar-refractivity contribution in [3.8, 4) is 5.75 Å². The molecule has 21 heavy (non-hydrogen) atoms. The minimum Gasteiger partial charge on any atom is -0.484 e. The van der Waals surface area contributed by atoms with Gasteiger partial charge < -0.3 is 15.4 Å². The van der Waals surface area contributed by atoms with Crippen LogP contribution < -0.4 is 10.5 Å². The lowest BCUT2D eigenvalue weighted by Gasteiger charge is -2.31. The molecule has 1 amide bonds. The number of carbonyl (C=O) groups excluding carboxylic acids is 1. The Labute approximate surface area is 122 Å². The molecule has 1 saturated heterocycles. The zero-order valence-electron chi connectivity index (χ0n) is 11.7. The summed E-state index contributed by atoms with van der Waals surface area (Å²) < 4.78 is 5.34. The average Bonchev–Trinajstić information content (AvgIpc) is 2.53. The van der Waals surface area contributed by atoms with Crippen molar-refractivity contribution in [2.45, 2.75) is 12.8 Å². The first kappa shape index (κ1) is 15.2. The number of nitrogens with zero attached hydrogens (tertiary/aromatic N) is 2. The van der Waals surface area contributed by atoms with Crippen LogP contribution in [0.2, 0.25) is 0 Å². The van der Waals surface area contributed by atoms with Gasteiger partial charge in [-0.25, -0.2) is 0 Å². The first-order valence-corrected chi connectivity index (χ1v) is 6.95. The molecule has 1 aromatic carbocycles. The van der Waals surface area contributed by atoms with Crippen LogP contribution in [0.1, 0.15) is 12.8 Å². The minimum absolute atomic E-state index is 0.0521. The SMILES string of the molecule is NCC1CCN(C(=O)COc2cccc([N+](=O)[O-])c2)CC1. The second kappa shape index (κ2) is 7.03. The Morgan fingerprint density at radius 3 is 2.76 bits per heavy atom. The summed E-state index contributed by atoms with van der Waals surface area (Å²) in [6.45, 7) is 1.94. The molecule has 0 unspecified atom stereocenters. The summed E-state index contributed by atoms with van der Waals surface area (Å²) in [6.07, 6.45) is 1.83. The van der Waals surface area contributed by atoms with Crippen LogP contribution in [0.3, 0.4) is 0 Å². The van der Waals surface area contributed by atoms with Gasteiger partial charge in [0.1, 0.15) is 5.75 Å². The number of ether oxygens (including phenoxy) is 1. The minimum atomic E-state index is -0.494. The summed E-state index contributed by atoms with van der Waals surface area (Å²) in [5, 5.41) is 10.7. The van der Waals surface area contributed by atoms with Crippen molar-refractivity contribution in [1.82, 2.24) is 4.90 Å². The van der Waals surface area contributed by atoms with Crippen molar-refractivity contribution in [3.63, 3.8) is 0 Å². The molecule has 1 fully saturated rings. The number of nitro benzene ring substituents is 1. The molecular weight excluding hydrogens is 274 g/mol. The number of hydrogen-bond acceptors (Lipinski definition) is 5. The smallest absolute Gasteiger partial charge is 0.273 e. The van der Waals surface area contributed by atoms with E-state index in [0.29, 0.717) is 31.3 Å². The number of likely N-dealkylation sites (tertiary alicyclic amines) is 1. The normalized spacial score (nSPS) is 15.8. The summed E-state index contributed by atoms with van der Waals surface area (Å²) in [5.74, 6) is 0.720. The Bertz CT molecular complexity index is 513. The van der Waals surface area contributed by atoms with E-state index < -0.39 is 4.92 Å². The van der Waals surface area contributed by atoms with Gasteiger partial charge in [-0.15, -0.1) is 0 Å². The zero-order valence-corrected chi connectivity index (χ0v) is 11.7. The molecule has 0 radical (unpaired) electrons. The number of amides is 1. The van der Waals surface area contributed by atoms with Crippen LogP contribution in [-0.2, 0) is 4.79 Å². The number of rotatable bonds is 5. The first-order valence-electron chi connectivity index (χ1n) is 6.95. The molecule has 0 bridgehead atoms. The van der Waals surface area contributed by atoms with Crippen molar-refractivity contribution in [2.24, 2.45) is 11.7 Å². The summed E-state index contributed by atoms with van der Waals surface area (Å²) >= 11 is 0. The number of hydrogen-bond donors (Lipinski definition) is 1. The molecule has 114 valence electrons. The molecule has 0 saturated carbocycles. The van der Waals surface area contributed by atoms with Gasteiger partial charge in [0.25, 0.3) is 11.6 Å². The van der Waals surface area contributed by atoms with Gasteiger partial charge in [0, 0.05) is 19.2 Å². The van der Waals surface area contributed by atoms with Crippen molar-refractivity contribution in [3.05, 3.63) is 34.4 Å². The molecule has 7 heteroatoms. The zero-order chi connectivity index (χ0) is 15.2. The summed E-state index contributed by atoms with van der Waals surface area (Å²) in [4.78, 5) is 23.9. The fraction of sp³-hybridized carbons (Fsp3) is 0.500. The monoisotopic (exact) mass is 293 g/mol. The van der Waals surface area contributed by atoms with Gasteiger partial charge in [0.2, 0.25) is 0 Å². The third-order valence-electron chi connectivity index (χ3n) is 3.69. The second-order valence-corrected chi connectivity index (χ2v) is 5.10.